The maximum atomic E-state index is 12.2. The Morgan fingerprint density at radius 3 is 2.59 bits per heavy atom. The Bertz CT molecular complexity index is 264. The summed E-state index contributed by atoms with van der Waals surface area (Å²) in [6, 6.07) is 0.618. The van der Waals surface area contributed by atoms with Gasteiger partial charge in [-0.15, -0.1) is 0 Å². The van der Waals surface area contributed by atoms with Gasteiger partial charge in [-0.25, -0.2) is 0 Å². The fourth-order valence-corrected chi connectivity index (χ4v) is 3.84. The molecule has 0 aromatic rings. The van der Waals surface area contributed by atoms with Gasteiger partial charge in [0.2, 0.25) is 5.91 Å². The molecule has 0 aromatic heterocycles. The van der Waals surface area contributed by atoms with Crippen molar-refractivity contribution in [3.8, 4) is 0 Å². The molecular weight excluding hydrogens is 232 g/mol. The Morgan fingerprint density at radius 2 is 2.00 bits per heavy atom. The van der Waals surface area contributed by atoms with E-state index < -0.39 is 0 Å². The average Bonchev–Trinajstić information content (AvgIpc) is 2.72. The van der Waals surface area contributed by atoms with Gasteiger partial charge in [-0.1, -0.05) is 6.92 Å². The number of nitrogens with one attached hydrogen (secondary N) is 1. The normalized spacial score (nSPS) is 34.4. The molecule has 1 atom stereocenters. The van der Waals surface area contributed by atoms with E-state index in [0.29, 0.717) is 11.9 Å². The molecule has 1 saturated heterocycles. The molecule has 1 heterocycles. The zero-order chi connectivity index (χ0) is 12.3. The first-order valence-electron chi connectivity index (χ1n) is 6.83. The zero-order valence-corrected chi connectivity index (χ0v) is 11.8. The molecule has 1 N–H and O–H groups in total. The lowest BCUT2D eigenvalue weighted by Gasteiger charge is -2.34. The van der Waals surface area contributed by atoms with Crippen LogP contribution < -0.4 is 5.32 Å². The molecule has 1 unspecified atom stereocenters. The minimum Gasteiger partial charge on any atom is -0.338 e. The topological polar surface area (TPSA) is 32.3 Å². The van der Waals surface area contributed by atoms with Gasteiger partial charge >= 0.3 is 0 Å². The number of likely N-dealkylation sites (N-methyl/N-ethyl adjacent to an activating group) is 1. The molecule has 2 rings (SSSR count). The lowest BCUT2D eigenvalue weighted by Crippen LogP contribution is -2.44. The Labute approximate surface area is 109 Å². The van der Waals surface area contributed by atoms with Crippen LogP contribution in [0.4, 0.5) is 0 Å². The van der Waals surface area contributed by atoms with Crippen molar-refractivity contribution in [1.82, 2.24) is 10.2 Å². The van der Waals surface area contributed by atoms with Gasteiger partial charge in [0.15, 0.2) is 0 Å². The minimum atomic E-state index is 0.0956. The third kappa shape index (κ3) is 2.97. The second kappa shape index (κ2) is 6.10. The van der Waals surface area contributed by atoms with Crippen LogP contribution in [-0.4, -0.2) is 47.5 Å². The van der Waals surface area contributed by atoms with Crippen LogP contribution in [0.5, 0.6) is 0 Å². The van der Waals surface area contributed by atoms with E-state index in [2.05, 4.69) is 23.4 Å². The number of carbonyl (C=O) groups excluding carboxylic acids is 1. The quantitative estimate of drug-likeness (QED) is 0.833. The molecule has 3 nitrogen and oxygen atoms in total. The van der Waals surface area contributed by atoms with Crippen LogP contribution >= 0.6 is 11.8 Å². The summed E-state index contributed by atoms with van der Waals surface area (Å²) in [6.07, 6.45) is 8.16. The summed E-state index contributed by atoms with van der Waals surface area (Å²) in [5.74, 6) is 0.347. The van der Waals surface area contributed by atoms with Crippen molar-refractivity contribution in [2.24, 2.45) is 0 Å². The standard InChI is InChI=1S/C13H24N2OS/c1-3-14-12-8-9-15(13(12)16)10-4-6-11(17-2)7-5-10/h10-12,14H,3-9H2,1-2H3. The summed E-state index contributed by atoms with van der Waals surface area (Å²) in [7, 11) is 0. The Balaban J connectivity index is 1.85. The van der Waals surface area contributed by atoms with Crippen LogP contribution in [-0.2, 0) is 4.79 Å². The molecular formula is C13H24N2OS. The molecule has 1 aliphatic heterocycles. The van der Waals surface area contributed by atoms with Crippen molar-refractivity contribution in [3.63, 3.8) is 0 Å². The van der Waals surface area contributed by atoms with Crippen LogP contribution in [0.3, 0.4) is 0 Å². The number of hydrogen-bond acceptors (Lipinski definition) is 3. The number of carbonyl (C=O) groups is 1. The second-order valence-electron chi connectivity index (χ2n) is 5.10. The molecule has 0 aromatic carbocycles. The number of nitrogens with zero attached hydrogens (tertiary/aromatic N) is 1. The number of thioether (sulfide) groups is 1. The SMILES string of the molecule is CCNC1CCN(C2CCC(SC)CC2)C1=O. The van der Waals surface area contributed by atoms with Gasteiger partial charge in [-0.2, -0.15) is 11.8 Å². The van der Waals surface area contributed by atoms with Crippen molar-refractivity contribution < 1.29 is 4.79 Å². The lowest BCUT2D eigenvalue weighted by atomic mass is 9.94. The third-order valence-corrected chi connectivity index (χ3v) is 5.25. The molecule has 0 spiro atoms. The summed E-state index contributed by atoms with van der Waals surface area (Å²) in [5.41, 5.74) is 0. The molecule has 2 aliphatic rings. The van der Waals surface area contributed by atoms with E-state index in [0.717, 1.165) is 24.8 Å². The molecule has 17 heavy (non-hydrogen) atoms. The molecule has 4 heteroatoms. The summed E-state index contributed by atoms with van der Waals surface area (Å²) in [6.45, 7) is 3.92. The summed E-state index contributed by atoms with van der Waals surface area (Å²) < 4.78 is 0. The van der Waals surface area contributed by atoms with Crippen LogP contribution in [0.2, 0.25) is 0 Å². The van der Waals surface area contributed by atoms with E-state index >= 15 is 0 Å². The summed E-state index contributed by atoms with van der Waals surface area (Å²) in [4.78, 5) is 14.3. The van der Waals surface area contributed by atoms with E-state index in [1.165, 1.54) is 25.7 Å². The highest BCUT2D eigenvalue weighted by Crippen LogP contribution is 2.31. The molecule has 1 amide bonds. The van der Waals surface area contributed by atoms with E-state index in [-0.39, 0.29) is 6.04 Å². The fourth-order valence-electron chi connectivity index (χ4n) is 3.09. The number of likely N-dealkylation sites (tertiary alicyclic amines) is 1. The van der Waals surface area contributed by atoms with E-state index in [9.17, 15) is 4.79 Å². The second-order valence-corrected chi connectivity index (χ2v) is 6.23. The molecule has 2 fully saturated rings. The highest BCUT2D eigenvalue weighted by molar-refractivity contribution is 7.99. The predicted molar refractivity (Wildman–Crippen MR) is 73.4 cm³/mol. The molecule has 0 radical (unpaired) electrons. The molecule has 98 valence electrons. The van der Waals surface area contributed by atoms with Crippen molar-refractivity contribution in [2.45, 2.75) is 56.4 Å². The predicted octanol–water partition coefficient (Wildman–Crippen LogP) is 1.87. The first kappa shape index (κ1) is 13.2. The summed E-state index contributed by atoms with van der Waals surface area (Å²) in [5, 5.41) is 4.12. The van der Waals surface area contributed by atoms with Gasteiger partial charge < -0.3 is 10.2 Å². The summed E-state index contributed by atoms with van der Waals surface area (Å²) >= 11 is 1.98. The first-order valence-corrected chi connectivity index (χ1v) is 8.11. The Morgan fingerprint density at radius 1 is 1.29 bits per heavy atom. The number of amides is 1. The highest BCUT2D eigenvalue weighted by atomic mass is 32.2. The van der Waals surface area contributed by atoms with Crippen LogP contribution in [0.25, 0.3) is 0 Å². The number of rotatable bonds is 4. The lowest BCUT2D eigenvalue weighted by molar-refractivity contribution is -0.131. The maximum absolute atomic E-state index is 12.2. The van der Waals surface area contributed by atoms with E-state index in [4.69, 9.17) is 0 Å². The highest BCUT2D eigenvalue weighted by Gasteiger charge is 2.36. The first-order chi connectivity index (χ1) is 8.26. The van der Waals surface area contributed by atoms with Crippen molar-refractivity contribution in [3.05, 3.63) is 0 Å². The fraction of sp³-hybridized carbons (Fsp3) is 0.923. The average molecular weight is 256 g/mol. The van der Waals surface area contributed by atoms with E-state index in [1.54, 1.807) is 0 Å². The smallest absolute Gasteiger partial charge is 0.240 e. The third-order valence-electron chi connectivity index (χ3n) is 4.11. The van der Waals surface area contributed by atoms with E-state index in [1.807, 2.05) is 11.8 Å². The van der Waals surface area contributed by atoms with Gasteiger partial charge in [0.05, 0.1) is 6.04 Å². The molecule has 1 saturated carbocycles. The van der Waals surface area contributed by atoms with Gasteiger partial charge in [-0.3, -0.25) is 4.79 Å². The van der Waals surface area contributed by atoms with Gasteiger partial charge in [0.25, 0.3) is 0 Å². The number of hydrogen-bond donors (Lipinski definition) is 1. The molecule has 0 bridgehead atoms. The van der Waals surface area contributed by atoms with Crippen molar-refractivity contribution in [1.29, 1.82) is 0 Å². The van der Waals surface area contributed by atoms with Gasteiger partial charge in [-0.05, 0) is 44.9 Å². The Hall–Kier alpha value is -0.220. The van der Waals surface area contributed by atoms with Crippen LogP contribution in [0.15, 0.2) is 0 Å². The zero-order valence-electron chi connectivity index (χ0n) is 10.9. The van der Waals surface area contributed by atoms with Gasteiger partial charge in [0.1, 0.15) is 0 Å². The minimum absolute atomic E-state index is 0.0956. The largest absolute Gasteiger partial charge is 0.338 e. The van der Waals surface area contributed by atoms with Crippen LogP contribution in [0, 0.1) is 0 Å². The van der Waals surface area contributed by atoms with Crippen molar-refractivity contribution in [2.75, 3.05) is 19.3 Å². The van der Waals surface area contributed by atoms with Gasteiger partial charge in [0, 0.05) is 17.8 Å². The monoisotopic (exact) mass is 256 g/mol. The van der Waals surface area contributed by atoms with Crippen LogP contribution in [0.1, 0.15) is 39.0 Å². The maximum Gasteiger partial charge on any atom is 0.240 e. The van der Waals surface area contributed by atoms with Crippen molar-refractivity contribution >= 4 is 17.7 Å². The molecule has 1 aliphatic carbocycles. The Kier molecular flexibility index (Phi) is 4.74.